The van der Waals surface area contributed by atoms with Gasteiger partial charge in [0.1, 0.15) is 11.4 Å². The van der Waals surface area contributed by atoms with Crippen molar-refractivity contribution in [2.24, 2.45) is 5.41 Å². The van der Waals surface area contributed by atoms with Crippen LogP contribution >= 0.6 is 0 Å². The van der Waals surface area contributed by atoms with Crippen LogP contribution < -0.4 is 4.90 Å². The van der Waals surface area contributed by atoms with Gasteiger partial charge in [-0.1, -0.05) is 6.92 Å². The van der Waals surface area contributed by atoms with E-state index in [1.54, 1.807) is 12.5 Å². The maximum atomic E-state index is 11.5. The molecule has 0 saturated carbocycles. The van der Waals surface area contributed by atoms with E-state index < -0.39 is 11.4 Å². The molecule has 1 saturated heterocycles. The Hall–Kier alpha value is -2.04. The highest BCUT2D eigenvalue weighted by Gasteiger charge is 2.44. The van der Waals surface area contributed by atoms with Crippen LogP contribution in [0.2, 0.25) is 0 Å². The predicted octanol–water partition coefficient (Wildman–Crippen LogP) is 2.52. The molecule has 0 aliphatic carbocycles. The normalized spacial score (nSPS) is 23.1. The van der Waals surface area contributed by atoms with Gasteiger partial charge in [-0.2, -0.15) is 0 Å². The van der Waals surface area contributed by atoms with Crippen LogP contribution in [0.4, 0.5) is 5.82 Å². The number of carboxylic acid groups (broad SMARTS) is 1. The van der Waals surface area contributed by atoms with Crippen molar-refractivity contribution >= 4 is 22.8 Å². The number of hydrogen-bond acceptors (Lipinski definition) is 4. The summed E-state index contributed by atoms with van der Waals surface area (Å²) in [7, 11) is 0. The summed E-state index contributed by atoms with van der Waals surface area (Å²) in [4.78, 5) is 17.9. The quantitative estimate of drug-likeness (QED) is 0.918. The van der Waals surface area contributed by atoms with Gasteiger partial charge >= 0.3 is 5.97 Å². The van der Waals surface area contributed by atoms with Gasteiger partial charge in [0, 0.05) is 19.3 Å². The van der Waals surface area contributed by atoms with Gasteiger partial charge in [-0.15, -0.1) is 0 Å². The zero-order valence-corrected chi connectivity index (χ0v) is 10.8. The van der Waals surface area contributed by atoms with Crippen molar-refractivity contribution in [2.45, 2.75) is 19.8 Å². The number of pyridine rings is 1. The summed E-state index contributed by atoms with van der Waals surface area (Å²) in [6.07, 6.45) is 4.64. The van der Waals surface area contributed by atoms with Crippen molar-refractivity contribution in [1.82, 2.24) is 4.98 Å². The molecule has 19 heavy (non-hydrogen) atoms. The largest absolute Gasteiger partial charge is 0.481 e. The molecule has 0 radical (unpaired) electrons. The van der Waals surface area contributed by atoms with Crippen LogP contribution in [0.15, 0.2) is 29.0 Å². The van der Waals surface area contributed by atoms with E-state index in [4.69, 9.17) is 4.42 Å². The van der Waals surface area contributed by atoms with Crippen LogP contribution in [0.3, 0.4) is 0 Å². The summed E-state index contributed by atoms with van der Waals surface area (Å²) < 4.78 is 5.36. The van der Waals surface area contributed by atoms with Gasteiger partial charge in [-0.05, 0) is 25.0 Å². The van der Waals surface area contributed by atoms with Crippen LogP contribution in [0.25, 0.3) is 11.0 Å². The topological polar surface area (TPSA) is 66.6 Å². The highest BCUT2D eigenvalue weighted by molar-refractivity contribution is 5.89. The fourth-order valence-electron chi connectivity index (χ4n) is 2.80. The number of aliphatic carboxylic acids is 1. The Morgan fingerprint density at radius 3 is 3.11 bits per heavy atom. The molecule has 1 fully saturated rings. The first-order chi connectivity index (χ1) is 9.16. The van der Waals surface area contributed by atoms with Crippen molar-refractivity contribution in [1.29, 1.82) is 0 Å². The number of nitrogens with zero attached hydrogens (tertiary/aromatic N) is 2. The minimum atomic E-state index is -0.711. The maximum absolute atomic E-state index is 11.5. The van der Waals surface area contributed by atoms with E-state index in [0.29, 0.717) is 19.4 Å². The minimum absolute atomic E-state index is 0.510. The number of carboxylic acids is 1. The number of anilines is 1. The number of rotatable bonds is 3. The average molecular weight is 260 g/mol. The summed E-state index contributed by atoms with van der Waals surface area (Å²) >= 11 is 0. The molecule has 5 nitrogen and oxygen atoms in total. The molecule has 5 heteroatoms. The second-order valence-corrected chi connectivity index (χ2v) is 5.08. The third kappa shape index (κ3) is 1.77. The van der Waals surface area contributed by atoms with Crippen molar-refractivity contribution in [3.05, 3.63) is 24.6 Å². The lowest BCUT2D eigenvalue weighted by molar-refractivity contribution is -0.147. The van der Waals surface area contributed by atoms with Crippen LogP contribution in [0.5, 0.6) is 0 Å². The molecule has 0 amide bonds. The maximum Gasteiger partial charge on any atom is 0.311 e. The fourth-order valence-corrected chi connectivity index (χ4v) is 2.80. The molecule has 0 aromatic carbocycles. The molecule has 0 bridgehead atoms. The molecule has 2 aromatic rings. The van der Waals surface area contributed by atoms with E-state index in [9.17, 15) is 9.90 Å². The van der Waals surface area contributed by atoms with Gasteiger partial charge in [0.25, 0.3) is 0 Å². The third-order valence-electron chi connectivity index (χ3n) is 4.14. The lowest BCUT2D eigenvalue weighted by atomic mass is 9.84. The zero-order valence-electron chi connectivity index (χ0n) is 10.8. The monoisotopic (exact) mass is 260 g/mol. The van der Waals surface area contributed by atoms with Crippen LogP contribution in [-0.2, 0) is 4.79 Å². The summed E-state index contributed by atoms with van der Waals surface area (Å²) in [5.74, 6) is 0.111. The second kappa shape index (κ2) is 4.26. The summed E-state index contributed by atoms with van der Waals surface area (Å²) in [5.41, 5.74) is 0.141. The van der Waals surface area contributed by atoms with E-state index in [-0.39, 0.29) is 0 Å². The first-order valence-corrected chi connectivity index (χ1v) is 6.47. The second-order valence-electron chi connectivity index (χ2n) is 5.08. The number of fused-ring (bicyclic) bond motifs is 1. The summed E-state index contributed by atoms with van der Waals surface area (Å²) in [6.45, 7) is 3.16. The van der Waals surface area contributed by atoms with Gasteiger partial charge in [0.05, 0.1) is 17.1 Å². The first-order valence-electron chi connectivity index (χ1n) is 6.47. The van der Waals surface area contributed by atoms with Gasteiger partial charge in [0.2, 0.25) is 0 Å². The van der Waals surface area contributed by atoms with Crippen LogP contribution in [0, 0.1) is 5.41 Å². The van der Waals surface area contributed by atoms with Crippen molar-refractivity contribution < 1.29 is 14.3 Å². The molecule has 1 aliphatic rings. The highest BCUT2D eigenvalue weighted by Crippen LogP contribution is 2.38. The Labute approximate surface area is 110 Å². The van der Waals surface area contributed by atoms with E-state index in [1.807, 2.05) is 19.1 Å². The molecule has 100 valence electrons. The van der Waals surface area contributed by atoms with Gasteiger partial charge in [-0.3, -0.25) is 4.79 Å². The number of aromatic nitrogens is 1. The van der Waals surface area contributed by atoms with E-state index >= 15 is 0 Å². The van der Waals surface area contributed by atoms with Gasteiger partial charge < -0.3 is 14.4 Å². The lowest BCUT2D eigenvalue weighted by Gasteiger charge is -2.23. The molecule has 0 spiro atoms. The van der Waals surface area contributed by atoms with Gasteiger partial charge in [-0.25, -0.2) is 4.98 Å². The number of hydrogen-bond donors (Lipinski definition) is 1. The highest BCUT2D eigenvalue weighted by atomic mass is 16.4. The van der Waals surface area contributed by atoms with E-state index in [1.165, 1.54) is 0 Å². The Kier molecular flexibility index (Phi) is 2.69. The Morgan fingerprint density at radius 2 is 2.42 bits per heavy atom. The van der Waals surface area contributed by atoms with Crippen molar-refractivity contribution in [3.63, 3.8) is 0 Å². The molecule has 1 aliphatic heterocycles. The standard InChI is InChI=1S/C14H16N2O3/c1-2-14(13(17)18)5-7-16(9-14)12-10-4-8-19-11(10)3-6-15-12/h3-4,6,8H,2,5,7,9H2,1H3,(H,17,18). The molecule has 3 rings (SSSR count). The third-order valence-corrected chi connectivity index (χ3v) is 4.14. The number of carbonyl (C=O) groups is 1. The van der Waals surface area contributed by atoms with Crippen LogP contribution in [0.1, 0.15) is 19.8 Å². The van der Waals surface area contributed by atoms with E-state index in [0.717, 1.165) is 23.3 Å². The molecular weight excluding hydrogens is 244 g/mol. The van der Waals surface area contributed by atoms with Crippen molar-refractivity contribution in [2.75, 3.05) is 18.0 Å². The number of furan rings is 1. The minimum Gasteiger partial charge on any atom is -0.481 e. The lowest BCUT2D eigenvalue weighted by Crippen LogP contribution is -2.34. The molecule has 1 atom stereocenters. The molecular formula is C14H16N2O3. The summed E-state index contributed by atoms with van der Waals surface area (Å²) in [5, 5.41) is 10.4. The molecule has 3 heterocycles. The Balaban J connectivity index is 1.97. The summed E-state index contributed by atoms with van der Waals surface area (Å²) in [6, 6.07) is 3.70. The van der Waals surface area contributed by atoms with Crippen LogP contribution in [-0.4, -0.2) is 29.1 Å². The predicted molar refractivity (Wildman–Crippen MR) is 71.2 cm³/mol. The van der Waals surface area contributed by atoms with Crippen molar-refractivity contribution in [3.8, 4) is 0 Å². The Bertz CT molecular complexity index is 622. The Morgan fingerprint density at radius 1 is 1.58 bits per heavy atom. The van der Waals surface area contributed by atoms with E-state index in [2.05, 4.69) is 9.88 Å². The van der Waals surface area contributed by atoms with Gasteiger partial charge in [0.15, 0.2) is 0 Å². The SMILES string of the molecule is CCC1(C(=O)O)CCN(c2nccc3occc23)C1. The molecule has 1 unspecified atom stereocenters. The average Bonchev–Trinajstić information content (AvgIpc) is 3.05. The zero-order chi connectivity index (χ0) is 13.5. The fraction of sp³-hybridized carbons (Fsp3) is 0.429. The first kappa shape index (κ1) is 12.0. The molecule has 1 N–H and O–H groups in total. The smallest absolute Gasteiger partial charge is 0.311 e. The molecule has 2 aromatic heterocycles.